The molecule has 2 aliphatic heterocycles. The fraction of sp³-hybridized carbons (Fsp3) is 1.00. The Balaban J connectivity index is 2.04. The molecule has 4 N–H and O–H groups in total. The van der Waals surface area contributed by atoms with Crippen LogP contribution in [0.25, 0.3) is 0 Å². The lowest BCUT2D eigenvalue weighted by Crippen LogP contribution is -2.55. The van der Waals surface area contributed by atoms with Gasteiger partial charge in [-0.05, 0) is 15.3 Å². The van der Waals surface area contributed by atoms with Crippen LogP contribution in [0.15, 0.2) is 0 Å². The van der Waals surface area contributed by atoms with Crippen molar-refractivity contribution in [1.82, 2.24) is 20.9 Å². The first-order valence-corrected chi connectivity index (χ1v) is 10.5. The normalized spacial score (nSPS) is 21.8. The van der Waals surface area contributed by atoms with Crippen LogP contribution in [0.1, 0.15) is 0 Å². The molecule has 2 saturated heterocycles. The van der Waals surface area contributed by atoms with Gasteiger partial charge < -0.3 is 20.9 Å². The highest BCUT2D eigenvalue weighted by atomic mass is 29.1. The molecule has 0 aromatic heterocycles. The van der Waals surface area contributed by atoms with Crippen LogP contribution in [0.4, 0.5) is 0 Å². The zero-order valence-electron chi connectivity index (χ0n) is 7.22. The van der Waals surface area contributed by atoms with Crippen LogP contribution < -0.4 is 20.9 Å². The molecule has 0 spiro atoms. The maximum Gasteiger partial charge on any atom is 0.210 e. The van der Waals surface area contributed by atoms with Crippen molar-refractivity contribution < 1.29 is 0 Å². The van der Waals surface area contributed by atoms with Gasteiger partial charge in [0.15, 0.2) is 0 Å². The summed E-state index contributed by atoms with van der Waals surface area (Å²) < 4.78 is 0. The van der Waals surface area contributed by atoms with Gasteiger partial charge in [-0.2, -0.15) is 0 Å². The summed E-state index contributed by atoms with van der Waals surface area (Å²) in [6.45, 7) is 1.79. The fourth-order valence-corrected chi connectivity index (χ4v) is 11.9. The Bertz CT molecular complexity index is 216. The highest BCUT2D eigenvalue weighted by Crippen LogP contribution is 1.68. The van der Waals surface area contributed by atoms with Gasteiger partial charge in [0.2, 0.25) is 28.0 Å². The summed E-state index contributed by atoms with van der Waals surface area (Å²) in [6, 6.07) is 0. The average Bonchev–Trinajstić information content (AvgIpc) is 2.21. The highest BCUT2D eigenvalue weighted by molar-refractivity contribution is 7.56. The minimum absolute atomic E-state index is 0.389. The maximum atomic E-state index is 3.26. The van der Waals surface area contributed by atoms with E-state index in [1.54, 1.807) is 0 Å². The standard InChI is InChI=1S/C2H8B4N4Si3/c1-7-3-12(4-8-1)11-13-5-9-2-10-6-13/h7-10H,1-2H2. The minimum atomic E-state index is -0.389. The summed E-state index contributed by atoms with van der Waals surface area (Å²) in [7, 11) is 9.43. The van der Waals surface area contributed by atoms with Gasteiger partial charge in [-0.25, -0.2) is 0 Å². The molecule has 4 nitrogen and oxygen atoms in total. The Morgan fingerprint density at radius 2 is 1.15 bits per heavy atom. The Labute approximate surface area is 85.5 Å². The lowest BCUT2D eigenvalue weighted by Gasteiger charge is -2.15. The summed E-state index contributed by atoms with van der Waals surface area (Å²) in [5.74, 6) is 0. The minimum Gasteiger partial charge on any atom is -0.349 e. The van der Waals surface area contributed by atoms with Crippen molar-refractivity contribution in [2.24, 2.45) is 0 Å². The zero-order valence-corrected chi connectivity index (χ0v) is 10.2. The van der Waals surface area contributed by atoms with Crippen molar-refractivity contribution in [1.29, 1.82) is 0 Å². The molecule has 13 heavy (non-hydrogen) atoms. The smallest absolute Gasteiger partial charge is 0.210 e. The van der Waals surface area contributed by atoms with E-state index >= 15 is 0 Å². The van der Waals surface area contributed by atoms with Crippen LogP contribution in [0.3, 0.4) is 0 Å². The highest BCUT2D eigenvalue weighted by Gasteiger charge is 2.10. The molecular weight excluding hydrogens is 208 g/mol. The predicted octanol–water partition coefficient (Wildman–Crippen LogP) is -4.56. The monoisotopic (exact) mass is 216 g/mol. The molecule has 0 aliphatic carbocycles. The Morgan fingerprint density at radius 1 is 0.769 bits per heavy atom. The van der Waals surface area contributed by atoms with Crippen molar-refractivity contribution in [2.75, 3.05) is 13.3 Å². The first-order chi connectivity index (χ1) is 6.45. The van der Waals surface area contributed by atoms with E-state index in [1.165, 1.54) is 0 Å². The molecule has 11 heteroatoms. The molecule has 0 aromatic rings. The molecule has 60 valence electrons. The second kappa shape index (κ2) is 5.59. The van der Waals surface area contributed by atoms with Crippen molar-refractivity contribution >= 4 is 51.0 Å². The van der Waals surface area contributed by atoms with E-state index < -0.39 is 0 Å². The van der Waals surface area contributed by atoms with E-state index in [1.807, 2.05) is 0 Å². The van der Waals surface area contributed by atoms with E-state index in [9.17, 15) is 0 Å². The molecule has 2 rings (SSSR count). The fourth-order valence-electron chi connectivity index (χ4n) is 1.16. The third-order valence-corrected chi connectivity index (χ3v) is 13.0. The van der Waals surface area contributed by atoms with E-state index in [2.05, 4.69) is 48.9 Å². The van der Waals surface area contributed by atoms with E-state index in [-0.39, 0.29) is 15.3 Å². The Hall–Kier alpha value is 0.750. The van der Waals surface area contributed by atoms with Gasteiger partial charge in [0.25, 0.3) is 0 Å². The van der Waals surface area contributed by atoms with E-state index in [4.69, 9.17) is 0 Å². The predicted molar refractivity (Wildman–Crippen MR) is 62.6 cm³/mol. The molecule has 0 atom stereocenters. The van der Waals surface area contributed by atoms with Gasteiger partial charge >= 0.3 is 0 Å². The van der Waals surface area contributed by atoms with Crippen LogP contribution in [-0.2, 0) is 0 Å². The zero-order chi connectivity index (χ0) is 8.93. The Kier molecular flexibility index (Phi) is 4.42. The first-order valence-electron chi connectivity index (χ1n) is 4.22. The summed E-state index contributed by atoms with van der Waals surface area (Å²) >= 11 is 0. The second-order valence-corrected chi connectivity index (χ2v) is 12.5. The van der Waals surface area contributed by atoms with Gasteiger partial charge in [0, 0.05) is 13.3 Å². The lowest BCUT2D eigenvalue weighted by atomic mass is 10.3. The largest absolute Gasteiger partial charge is 0.349 e. The van der Waals surface area contributed by atoms with E-state index in [0.717, 1.165) is 21.0 Å². The molecule has 0 saturated carbocycles. The van der Waals surface area contributed by atoms with Crippen LogP contribution in [0.5, 0.6) is 0 Å². The van der Waals surface area contributed by atoms with Crippen LogP contribution in [-0.4, -0.2) is 64.3 Å². The number of nitrogens with one attached hydrogen (secondary N) is 4. The van der Waals surface area contributed by atoms with Crippen molar-refractivity contribution in [3.8, 4) is 0 Å². The quantitative estimate of drug-likeness (QED) is 0.308. The van der Waals surface area contributed by atoms with Crippen molar-refractivity contribution in [2.45, 2.75) is 0 Å². The van der Waals surface area contributed by atoms with Gasteiger partial charge in [0.1, 0.15) is 0 Å². The van der Waals surface area contributed by atoms with Gasteiger partial charge in [-0.15, -0.1) is 7.71 Å². The average molecular weight is 216 g/mol. The summed E-state index contributed by atoms with van der Waals surface area (Å²) in [5.41, 5.74) is 0. The first kappa shape index (κ1) is 10.3. The molecule has 2 heterocycles. The molecule has 4 radical (unpaired) electrons. The third kappa shape index (κ3) is 3.42. The van der Waals surface area contributed by atoms with Crippen molar-refractivity contribution in [3.05, 3.63) is 0 Å². The Morgan fingerprint density at radius 3 is 1.54 bits per heavy atom. The third-order valence-electron chi connectivity index (χ3n) is 1.73. The van der Waals surface area contributed by atoms with Crippen LogP contribution in [0, 0.1) is 0 Å². The molecule has 0 aromatic carbocycles. The topological polar surface area (TPSA) is 48.1 Å². The summed E-state index contributed by atoms with van der Waals surface area (Å²) in [5, 5.41) is 13.0. The summed E-state index contributed by atoms with van der Waals surface area (Å²) in [6.07, 6.45) is 0. The van der Waals surface area contributed by atoms with Gasteiger partial charge in [0.05, 0.1) is 0 Å². The molecule has 0 unspecified atom stereocenters. The lowest BCUT2D eigenvalue weighted by molar-refractivity contribution is 0.881. The number of hydrogen-bond acceptors (Lipinski definition) is 4. The van der Waals surface area contributed by atoms with Gasteiger partial charge in [-0.1, -0.05) is 0 Å². The van der Waals surface area contributed by atoms with E-state index in [0.29, 0.717) is 0 Å². The second-order valence-electron chi connectivity index (χ2n) is 2.78. The maximum absolute atomic E-state index is 3.26. The van der Waals surface area contributed by atoms with Crippen molar-refractivity contribution in [3.63, 3.8) is 0 Å². The molecular formula is C2H8B4N4Si3. The van der Waals surface area contributed by atoms with Crippen LogP contribution in [0.2, 0.25) is 0 Å². The summed E-state index contributed by atoms with van der Waals surface area (Å²) in [4.78, 5) is 0. The SMILES string of the molecule is [B]1NCN[B][Si]1=[Si]=[Si]1[B]NCN[B]1. The molecule has 2 fully saturated rings. The van der Waals surface area contributed by atoms with Crippen LogP contribution >= 0.6 is 0 Å². The molecule has 0 amide bonds. The number of hydrogen-bond donors (Lipinski definition) is 4. The molecule has 0 bridgehead atoms. The molecule has 2 aliphatic rings. The van der Waals surface area contributed by atoms with Gasteiger partial charge in [-0.3, -0.25) is 0 Å². The number of rotatable bonds is 0.